The maximum absolute atomic E-state index is 12.5. The first-order valence-electron chi connectivity index (χ1n) is 3.44. The SMILES string of the molecule is Fc1ccc(-c2co[c]n2)cc1. The van der Waals surface area contributed by atoms with Gasteiger partial charge >= 0.3 is 0 Å². The summed E-state index contributed by atoms with van der Waals surface area (Å²) >= 11 is 0. The van der Waals surface area contributed by atoms with Gasteiger partial charge in [0.25, 0.3) is 6.39 Å². The first kappa shape index (κ1) is 7.03. The quantitative estimate of drug-likeness (QED) is 0.642. The molecule has 1 heterocycles. The number of nitrogens with zero attached hydrogens (tertiary/aromatic N) is 1. The van der Waals surface area contributed by atoms with E-state index in [4.69, 9.17) is 0 Å². The third-order valence-corrected chi connectivity index (χ3v) is 1.53. The molecule has 1 radical (unpaired) electrons. The number of rotatable bonds is 1. The van der Waals surface area contributed by atoms with Crippen molar-refractivity contribution in [3.63, 3.8) is 0 Å². The zero-order valence-corrected chi connectivity index (χ0v) is 6.12. The fraction of sp³-hybridized carbons (Fsp3) is 0. The van der Waals surface area contributed by atoms with E-state index in [1.54, 1.807) is 12.1 Å². The Morgan fingerprint density at radius 2 is 2.00 bits per heavy atom. The summed E-state index contributed by atoms with van der Waals surface area (Å²) in [5.74, 6) is -0.258. The highest BCUT2D eigenvalue weighted by molar-refractivity contribution is 5.56. The van der Waals surface area contributed by atoms with Crippen LogP contribution in [0.4, 0.5) is 4.39 Å². The van der Waals surface area contributed by atoms with E-state index in [2.05, 4.69) is 15.8 Å². The molecule has 0 saturated carbocycles. The molecular formula is C9H5FNO. The van der Waals surface area contributed by atoms with Gasteiger partial charge in [-0.25, -0.2) is 9.37 Å². The molecule has 2 rings (SSSR count). The second-order valence-corrected chi connectivity index (χ2v) is 2.33. The Balaban J connectivity index is 2.43. The zero-order valence-electron chi connectivity index (χ0n) is 6.12. The van der Waals surface area contributed by atoms with Gasteiger partial charge in [-0.2, -0.15) is 0 Å². The molecule has 0 saturated heterocycles. The second-order valence-electron chi connectivity index (χ2n) is 2.33. The monoisotopic (exact) mass is 162 g/mol. The van der Waals surface area contributed by atoms with Crippen molar-refractivity contribution in [3.05, 3.63) is 42.7 Å². The summed E-state index contributed by atoms with van der Waals surface area (Å²) in [6.45, 7) is 0. The van der Waals surface area contributed by atoms with Gasteiger partial charge in [0.1, 0.15) is 17.8 Å². The van der Waals surface area contributed by atoms with E-state index in [0.717, 1.165) is 5.56 Å². The van der Waals surface area contributed by atoms with E-state index in [-0.39, 0.29) is 5.82 Å². The Kier molecular flexibility index (Phi) is 1.63. The van der Waals surface area contributed by atoms with Gasteiger partial charge in [-0.3, -0.25) is 0 Å². The molecule has 0 amide bonds. The van der Waals surface area contributed by atoms with Crippen molar-refractivity contribution in [2.75, 3.05) is 0 Å². The van der Waals surface area contributed by atoms with Gasteiger partial charge in [-0.15, -0.1) is 0 Å². The number of halogens is 1. The molecule has 1 aromatic heterocycles. The van der Waals surface area contributed by atoms with Crippen LogP contribution in [0.1, 0.15) is 0 Å². The minimum absolute atomic E-state index is 0.258. The Morgan fingerprint density at radius 3 is 2.58 bits per heavy atom. The molecule has 0 unspecified atom stereocenters. The van der Waals surface area contributed by atoms with Gasteiger partial charge in [0.05, 0.1) is 0 Å². The van der Waals surface area contributed by atoms with Gasteiger partial charge < -0.3 is 4.42 Å². The standard InChI is InChI=1S/C9H5FNO/c10-8-3-1-7(2-4-8)9-5-12-6-11-9/h1-5H. The molecule has 2 nitrogen and oxygen atoms in total. The topological polar surface area (TPSA) is 26.0 Å². The predicted molar refractivity (Wildman–Crippen MR) is 40.7 cm³/mol. The average Bonchev–Trinajstić information content (AvgIpc) is 2.58. The molecule has 0 aliphatic carbocycles. The molecule has 0 N–H and O–H groups in total. The van der Waals surface area contributed by atoms with Crippen molar-refractivity contribution >= 4 is 0 Å². The van der Waals surface area contributed by atoms with Gasteiger partial charge in [0.15, 0.2) is 0 Å². The number of hydrogen-bond acceptors (Lipinski definition) is 2. The normalized spacial score (nSPS) is 10.1. The molecule has 0 bridgehead atoms. The summed E-state index contributed by atoms with van der Waals surface area (Å²) in [6.07, 6.45) is 3.79. The molecule has 0 aliphatic heterocycles. The first-order chi connectivity index (χ1) is 5.86. The highest BCUT2D eigenvalue weighted by Crippen LogP contribution is 2.16. The van der Waals surface area contributed by atoms with Gasteiger partial charge in [-0.1, -0.05) is 0 Å². The van der Waals surface area contributed by atoms with Crippen molar-refractivity contribution in [3.8, 4) is 11.3 Å². The van der Waals surface area contributed by atoms with Crippen LogP contribution >= 0.6 is 0 Å². The summed E-state index contributed by atoms with van der Waals surface area (Å²) in [5.41, 5.74) is 1.48. The molecule has 0 fully saturated rings. The maximum atomic E-state index is 12.5. The van der Waals surface area contributed by atoms with Crippen LogP contribution in [0.25, 0.3) is 11.3 Å². The maximum Gasteiger partial charge on any atom is 0.284 e. The van der Waals surface area contributed by atoms with Gasteiger partial charge in [0, 0.05) is 5.56 Å². The van der Waals surface area contributed by atoms with E-state index in [9.17, 15) is 4.39 Å². The Hall–Kier alpha value is -1.64. The van der Waals surface area contributed by atoms with Crippen LogP contribution in [0.3, 0.4) is 0 Å². The van der Waals surface area contributed by atoms with Crippen molar-refractivity contribution in [1.82, 2.24) is 4.98 Å². The molecule has 3 heteroatoms. The minimum atomic E-state index is -0.258. The lowest BCUT2D eigenvalue weighted by Gasteiger charge is -1.93. The Labute approximate surface area is 68.7 Å². The minimum Gasteiger partial charge on any atom is -0.440 e. The summed E-state index contributed by atoms with van der Waals surface area (Å²) in [4.78, 5) is 3.80. The Bertz CT molecular complexity index is 353. The third-order valence-electron chi connectivity index (χ3n) is 1.53. The van der Waals surface area contributed by atoms with Crippen LogP contribution in [-0.2, 0) is 0 Å². The van der Waals surface area contributed by atoms with E-state index >= 15 is 0 Å². The number of hydrogen-bond donors (Lipinski definition) is 0. The molecule has 0 atom stereocenters. The van der Waals surface area contributed by atoms with Crippen molar-refractivity contribution in [1.29, 1.82) is 0 Å². The van der Waals surface area contributed by atoms with E-state index in [0.29, 0.717) is 5.69 Å². The number of benzene rings is 1. The van der Waals surface area contributed by atoms with Crippen LogP contribution in [0.15, 0.2) is 34.9 Å². The van der Waals surface area contributed by atoms with E-state index in [1.165, 1.54) is 18.4 Å². The third kappa shape index (κ3) is 1.21. The fourth-order valence-corrected chi connectivity index (χ4v) is 0.937. The lowest BCUT2D eigenvalue weighted by molar-refractivity contribution is 0.548. The Morgan fingerprint density at radius 1 is 1.25 bits per heavy atom. The largest absolute Gasteiger partial charge is 0.440 e. The number of oxazole rings is 1. The van der Waals surface area contributed by atoms with E-state index < -0.39 is 0 Å². The molecule has 12 heavy (non-hydrogen) atoms. The smallest absolute Gasteiger partial charge is 0.284 e. The van der Waals surface area contributed by atoms with Crippen LogP contribution in [0, 0.1) is 12.2 Å². The summed E-state index contributed by atoms with van der Waals surface area (Å²) in [6, 6.07) is 6.04. The van der Waals surface area contributed by atoms with Crippen molar-refractivity contribution in [2.24, 2.45) is 0 Å². The van der Waals surface area contributed by atoms with Crippen molar-refractivity contribution in [2.45, 2.75) is 0 Å². The average molecular weight is 162 g/mol. The first-order valence-corrected chi connectivity index (χ1v) is 3.44. The van der Waals surface area contributed by atoms with Gasteiger partial charge in [0.2, 0.25) is 0 Å². The van der Waals surface area contributed by atoms with Gasteiger partial charge in [-0.05, 0) is 24.3 Å². The molecule has 0 spiro atoms. The highest BCUT2D eigenvalue weighted by atomic mass is 19.1. The van der Waals surface area contributed by atoms with Crippen LogP contribution in [0.2, 0.25) is 0 Å². The predicted octanol–water partition coefficient (Wildman–Crippen LogP) is 2.28. The molecule has 2 aromatic rings. The highest BCUT2D eigenvalue weighted by Gasteiger charge is 1.99. The molecular weight excluding hydrogens is 157 g/mol. The summed E-state index contributed by atoms with van der Waals surface area (Å²) in [5, 5.41) is 0. The van der Waals surface area contributed by atoms with Crippen LogP contribution in [0.5, 0.6) is 0 Å². The molecule has 0 aliphatic rings. The van der Waals surface area contributed by atoms with Crippen molar-refractivity contribution < 1.29 is 8.81 Å². The molecule has 1 aromatic carbocycles. The summed E-state index contributed by atoms with van der Waals surface area (Å²) < 4.78 is 17.1. The number of aromatic nitrogens is 1. The van der Waals surface area contributed by atoms with Crippen LogP contribution < -0.4 is 0 Å². The molecule has 59 valence electrons. The van der Waals surface area contributed by atoms with Crippen LogP contribution in [-0.4, -0.2) is 4.98 Å². The second kappa shape index (κ2) is 2.77. The van der Waals surface area contributed by atoms with E-state index in [1.807, 2.05) is 0 Å². The summed E-state index contributed by atoms with van der Waals surface area (Å²) in [7, 11) is 0. The zero-order chi connectivity index (χ0) is 8.39. The fourth-order valence-electron chi connectivity index (χ4n) is 0.937. The lowest BCUT2D eigenvalue weighted by Crippen LogP contribution is -1.77. The lowest BCUT2D eigenvalue weighted by atomic mass is 10.2.